The van der Waals surface area contributed by atoms with Crippen molar-refractivity contribution in [2.75, 3.05) is 0 Å². The molecule has 0 saturated heterocycles. The topological polar surface area (TPSA) is 63.2 Å². The highest BCUT2D eigenvalue weighted by molar-refractivity contribution is 7.90. The fraction of sp³-hybridized carbons (Fsp3) is 0.417. The minimum Gasteiger partial charge on any atom is -0.274 e. The first-order valence-electron chi connectivity index (χ1n) is 5.63. The van der Waals surface area contributed by atoms with Gasteiger partial charge in [-0.25, -0.2) is 13.1 Å². The summed E-state index contributed by atoms with van der Waals surface area (Å²) in [4.78, 5) is 11.8. The zero-order chi connectivity index (χ0) is 12.9. The second kappa shape index (κ2) is 5.82. The molecule has 0 aliphatic rings. The number of nitrogens with one attached hydrogen (secondary N) is 1. The zero-order valence-electron chi connectivity index (χ0n) is 10.0. The normalized spacial score (nSPS) is 11.5. The van der Waals surface area contributed by atoms with Gasteiger partial charge in [0, 0.05) is 5.92 Å². The molecule has 1 amide bonds. The Labute approximate surface area is 102 Å². The van der Waals surface area contributed by atoms with Crippen molar-refractivity contribution in [3.8, 4) is 0 Å². The van der Waals surface area contributed by atoms with Gasteiger partial charge in [-0.1, -0.05) is 32.0 Å². The average Bonchev–Trinajstić information content (AvgIpc) is 2.31. The van der Waals surface area contributed by atoms with Crippen LogP contribution in [0.2, 0.25) is 0 Å². The Morgan fingerprint density at radius 3 is 2.18 bits per heavy atom. The quantitative estimate of drug-likeness (QED) is 0.874. The van der Waals surface area contributed by atoms with Crippen molar-refractivity contribution in [1.82, 2.24) is 4.72 Å². The lowest BCUT2D eigenvalue weighted by molar-refractivity contribution is -0.123. The summed E-state index contributed by atoms with van der Waals surface area (Å²) in [6, 6.07) is 7.89. The van der Waals surface area contributed by atoms with E-state index in [4.69, 9.17) is 0 Å². The van der Waals surface area contributed by atoms with Crippen LogP contribution in [0.3, 0.4) is 0 Å². The molecule has 0 atom stereocenters. The highest BCUT2D eigenvalue weighted by Crippen LogP contribution is 2.11. The predicted octanol–water partition coefficient (Wildman–Crippen LogP) is 1.93. The molecule has 0 fully saturated rings. The molecule has 0 aromatic heterocycles. The highest BCUT2D eigenvalue weighted by atomic mass is 32.2. The number of hydrogen-bond acceptors (Lipinski definition) is 3. The van der Waals surface area contributed by atoms with Gasteiger partial charge >= 0.3 is 0 Å². The molecule has 17 heavy (non-hydrogen) atoms. The van der Waals surface area contributed by atoms with E-state index in [1.54, 1.807) is 18.2 Å². The van der Waals surface area contributed by atoms with E-state index in [0.29, 0.717) is 12.8 Å². The van der Waals surface area contributed by atoms with Crippen molar-refractivity contribution in [3.63, 3.8) is 0 Å². The van der Waals surface area contributed by atoms with Gasteiger partial charge in [0.1, 0.15) is 0 Å². The van der Waals surface area contributed by atoms with Crippen LogP contribution < -0.4 is 4.72 Å². The van der Waals surface area contributed by atoms with Gasteiger partial charge in [-0.2, -0.15) is 0 Å². The van der Waals surface area contributed by atoms with E-state index in [0.717, 1.165) is 0 Å². The summed E-state index contributed by atoms with van der Waals surface area (Å²) in [6.45, 7) is 3.73. The molecular weight excluding hydrogens is 238 g/mol. The third-order valence-electron chi connectivity index (χ3n) is 2.64. The second-order valence-electron chi connectivity index (χ2n) is 3.80. The van der Waals surface area contributed by atoms with E-state index in [-0.39, 0.29) is 10.8 Å². The van der Waals surface area contributed by atoms with E-state index in [1.807, 2.05) is 13.8 Å². The molecule has 0 aliphatic carbocycles. The van der Waals surface area contributed by atoms with E-state index in [2.05, 4.69) is 4.72 Å². The summed E-state index contributed by atoms with van der Waals surface area (Å²) < 4.78 is 25.8. The van der Waals surface area contributed by atoms with Gasteiger partial charge in [-0.3, -0.25) is 4.79 Å². The fourth-order valence-corrected chi connectivity index (χ4v) is 2.60. The lowest BCUT2D eigenvalue weighted by Gasteiger charge is -2.12. The first kappa shape index (κ1) is 13.7. The van der Waals surface area contributed by atoms with Gasteiger partial charge < -0.3 is 0 Å². The smallest absolute Gasteiger partial charge is 0.264 e. The van der Waals surface area contributed by atoms with E-state index in [9.17, 15) is 13.2 Å². The van der Waals surface area contributed by atoms with Gasteiger partial charge in [0.25, 0.3) is 10.0 Å². The number of carbonyl (C=O) groups excluding carboxylic acids is 1. The zero-order valence-corrected chi connectivity index (χ0v) is 10.8. The van der Waals surface area contributed by atoms with Crippen LogP contribution >= 0.6 is 0 Å². The Kier molecular flexibility index (Phi) is 4.69. The minimum atomic E-state index is -3.72. The lowest BCUT2D eigenvalue weighted by Crippen LogP contribution is -2.35. The molecule has 0 unspecified atom stereocenters. The molecule has 94 valence electrons. The van der Waals surface area contributed by atoms with Crippen LogP contribution in [-0.2, 0) is 14.8 Å². The summed E-state index contributed by atoms with van der Waals surface area (Å²) in [5.74, 6) is -0.688. The summed E-state index contributed by atoms with van der Waals surface area (Å²) in [5.41, 5.74) is 0. The van der Waals surface area contributed by atoms with E-state index >= 15 is 0 Å². The van der Waals surface area contributed by atoms with Gasteiger partial charge in [-0.05, 0) is 25.0 Å². The Morgan fingerprint density at radius 2 is 1.71 bits per heavy atom. The van der Waals surface area contributed by atoms with Gasteiger partial charge in [0.2, 0.25) is 5.91 Å². The summed E-state index contributed by atoms with van der Waals surface area (Å²) in [5, 5.41) is 0. The van der Waals surface area contributed by atoms with Crippen LogP contribution in [-0.4, -0.2) is 14.3 Å². The molecule has 0 aliphatic heterocycles. The van der Waals surface area contributed by atoms with Crippen molar-refractivity contribution < 1.29 is 13.2 Å². The van der Waals surface area contributed by atoms with Crippen molar-refractivity contribution in [3.05, 3.63) is 30.3 Å². The molecule has 0 heterocycles. The Bertz CT molecular complexity index is 464. The van der Waals surface area contributed by atoms with Crippen molar-refractivity contribution in [1.29, 1.82) is 0 Å². The Morgan fingerprint density at radius 1 is 1.18 bits per heavy atom. The van der Waals surface area contributed by atoms with Crippen LogP contribution in [0, 0.1) is 5.92 Å². The SMILES string of the molecule is CCC(CC)C(=O)NS(=O)(=O)c1ccccc1. The van der Waals surface area contributed by atoms with Crippen LogP contribution in [0.1, 0.15) is 26.7 Å². The van der Waals surface area contributed by atoms with Crippen LogP contribution in [0.4, 0.5) is 0 Å². The number of sulfonamides is 1. The van der Waals surface area contributed by atoms with Gasteiger partial charge in [0.15, 0.2) is 0 Å². The number of hydrogen-bond donors (Lipinski definition) is 1. The largest absolute Gasteiger partial charge is 0.274 e. The molecule has 1 aromatic rings. The molecule has 0 spiro atoms. The molecule has 0 radical (unpaired) electrons. The van der Waals surface area contributed by atoms with Crippen LogP contribution in [0.5, 0.6) is 0 Å². The summed E-state index contributed by atoms with van der Waals surface area (Å²) in [6.07, 6.45) is 1.26. The lowest BCUT2D eigenvalue weighted by atomic mass is 10.0. The number of amides is 1. The highest BCUT2D eigenvalue weighted by Gasteiger charge is 2.21. The van der Waals surface area contributed by atoms with Crippen molar-refractivity contribution >= 4 is 15.9 Å². The molecular formula is C12H17NO3S. The molecule has 1 N–H and O–H groups in total. The predicted molar refractivity (Wildman–Crippen MR) is 65.8 cm³/mol. The van der Waals surface area contributed by atoms with Crippen molar-refractivity contribution in [2.24, 2.45) is 5.92 Å². The fourth-order valence-electron chi connectivity index (χ4n) is 1.53. The van der Waals surface area contributed by atoms with Crippen LogP contribution in [0.15, 0.2) is 35.2 Å². The van der Waals surface area contributed by atoms with Crippen LogP contribution in [0.25, 0.3) is 0 Å². The van der Waals surface area contributed by atoms with Gasteiger partial charge in [-0.15, -0.1) is 0 Å². The second-order valence-corrected chi connectivity index (χ2v) is 5.48. The van der Waals surface area contributed by atoms with E-state index < -0.39 is 15.9 Å². The molecule has 1 rings (SSSR count). The molecule has 5 heteroatoms. The number of carbonyl (C=O) groups is 1. The Balaban J connectivity index is 2.85. The molecule has 1 aromatic carbocycles. The third-order valence-corrected chi connectivity index (χ3v) is 4.01. The van der Waals surface area contributed by atoms with Crippen molar-refractivity contribution in [2.45, 2.75) is 31.6 Å². The summed E-state index contributed by atoms with van der Waals surface area (Å²) >= 11 is 0. The standard InChI is InChI=1S/C12H17NO3S/c1-3-10(4-2)12(14)13-17(15,16)11-8-6-5-7-9-11/h5-10H,3-4H2,1-2H3,(H,13,14). The number of rotatable bonds is 5. The molecule has 4 nitrogen and oxygen atoms in total. The maximum Gasteiger partial charge on any atom is 0.264 e. The van der Waals surface area contributed by atoms with Gasteiger partial charge in [0.05, 0.1) is 4.90 Å². The first-order valence-corrected chi connectivity index (χ1v) is 7.11. The number of benzene rings is 1. The molecule has 0 saturated carbocycles. The monoisotopic (exact) mass is 255 g/mol. The third kappa shape index (κ3) is 3.56. The molecule has 0 bridgehead atoms. The first-order chi connectivity index (χ1) is 8.01. The maximum atomic E-state index is 11.8. The Hall–Kier alpha value is -1.36. The van der Waals surface area contributed by atoms with E-state index in [1.165, 1.54) is 12.1 Å². The minimum absolute atomic E-state index is 0.110. The maximum absolute atomic E-state index is 11.8. The summed E-state index contributed by atoms with van der Waals surface area (Å²) in [7, 11) is -3.72. The average molecular weight is 255 g/mol.